The molecule has 1 amide bonds. The van der Waals surface area contributed by atoms with Crippen LogP contribution in [0.2, 0.25) is 0 Å². The summed E-state index contributed by atoms with van der Waals surface area (Å²) >= 11 is 0. The van der Waals surface area contributed by atoms with Gasteiger partial charge in [0.25, 0.3) is 0 Å². The lowest BCUT2D eigenvalue weighted by molar-refractivity contribution is -0.117. The van der Waals surface area contributed by atoms with Crippen molar-refractivity contribution in [2.45, 2.75) is 46.6 Å². The molecule has 1 aromatic rings. The Hall–Kier alpha value is -1.35. The van der Waals surface area contributed by atoms with Crippen molar-refractivity contribution in [3.8, 4) is 0 Å². The SMILES string of the molecule is CCCC(C)CC(=O)Nc1cccc(CNCC)c1. The first-order valence-electron chi connectivity index (χ1n) is 7.25. The minimum absolute atomic E-state index is 0.113. The highest BCUT2D eigenvalue weighted by Gasteiger charge is 2.08. The van der Waals surface area contributed by atoms with E-state index in [2.05, 4.69) is 37.5 Å². The average Bonchev–Trinajstić information content (AvgIpc) is 2.36. The van der Waals surface area contributed by atoms with Gasteiger partial charge in [0.2, 0.25) is 5.91 Å². The van der Waals surface area contributed by atoms with Crippen molar-refractivity contribution in [1.82, 2.24) is 5.32 Å². The summed E-state index contributed by atoms with van der Waals surface area (Å²) in [6, 6.07) is 8.03. The van der Waals surface area contributed by atoms with Crippen LogP contribution in [-0.4, -0.2) is 12.5 Å². The molecule has 1 unspecified atom stereocenters. The molecular formula is C16H26N2O. The van der Waals surface area contributed by atoms with Gasteiger partial charge in [-0.3, -0.25) is 4.79 Å². The van der Waals surface area contributed by atoms with Crippen LogP contribution < -0.4 is 10.6 Å². The summed E-state index contributed by atoms with van der Waals surface area (Å²) < 4.78 is 0. The van der Waals surface area contributed by atoms with Crippen LogP contribution >= 0.6 is 0 Å². The molecule has 1 rings (SSSR count). The summed E-state index contributed by atoms with van der Waals surface area (Å²) in [5.74, 6) is 0.566. The quantitative estimate of drug-likeness (QED) is 0.752. The molecule has 19 heavy (non-hydrogen) atoms. The topological polar surface area (TPSA) is 41.1 Å². The number of nitrogens with one attached hydrogen (secondary N) is 2. The standard InChI is InChI=1S/C16H26N2O/c1-4-7-13(3)10-16(19)18-15-9-6-8-14(11-15)12-17-5-2/h6,8-9,11,13,17H,4-5,7,10,12H2,1-3H3,(H,18,19). The molecular weight excluding hydrogens is 236 g/mol. The molecule has 0 aliphatic heterocycles. The van der Waals surface area contributed by atoms with Crippen LogP contribution in [0.5, 0.6) is 0 Å². The Morgan fingerprint density at radius 2 is 2.11 bits per heavy atom. The second-order valence-corrected chi connectivity index (χ2v) is 5.13. The fourth-order valence-corrected chi connectivity index (χ4v) is 2.15. The first kappa shape index (κ1) is 15.7. The van der Waals surface area contributed by atoms with E-state index in [0.29, 0.717) is 12.3 Å². The Bertz CT molecular complexity index is 390. The molecule has 2 N–H and O–H groups in total. The lowest BCUT2D eigenvalue weighted by Gasteiger charge is -2.11. The average molecular weight is 262 g/mol. The summed E-state index contributed by atoms with van der Waals surface area (Å²) in [7, 11) is 0. The number of hydrogen-bond donors (Lipinski definition) is 2. The van der Waals surface area contributed by atoms with Crippen molar-refractivity contribution < 1.29 is 4.79 Å². The third-order valence-corrected chi connectivity index (χ3v) is 3.11. The van der Waals surface area contributed by atoms with Crippen LogP contribution in [0.3, 0.4) is 0 Å². The third kappa shape index (κ3) is 6.39. The Kier molecular flexibility index (Phi) is 7.19. The highest BCUT2D eigenvalue weighted by Crippen LogP contribution is 2.14. The second kappa shape index (κ2) is 8.70. The predicted octanol–water partition coefficient (Wildman–Crippen LogP) is 3.56. The smallest absolute Gasteiger partial charge is 0.224 e. The highest BCUT2D eigenvalue weighted by molar-refractivity contribution is 5.90. The van der Waals surface area contributed by atoms with Crippen LogP contribution in [0.25, 0.3) is 0 Å². The Morgan fingerprint density at radius 3 is 2.79 bits per heavy atom. The van der Waals surface area contributed by atoms with Gasteiger partial charge in [0, 0.05) is 18.7 Å². The van der Waals surface area contributed by atoms with Crippen molar-refractivity contribution >= 4 is 11.6 Å². The molecule has 1 atom stereocenters. The Balaban J connectivity index is 2.49. The van der Waals surface area contributed by atoms with E-state index in [1.165, 1.54) is 5.56 Å². The third-order valence-electron chi connectivity index (χ3n) is 3.11. The monoisotopic (exact) mass is 262 g/mol. The lowest BCUT2D eigenvalue weighted by atomic mass is 10.0. The zero-order chi connectivity index (χ0) is 14.1. The minimum atomic E-state index is 0.113. The summed E-state index contributed by atoms with van der Waals surface area (Å²) in [4.78, 5) is 11.9. The zero-order valence-electron chi connectivity index (χ0n) is 12.3. The highest BCUT2D eigenvalue weighted by atomic mass is 16.1. The summed E-state index contributed by atoms with van der Waals surface area (Å²) in [5.41, 5.74) is 2.09. The Morgan fingerprint density at radius 1 is 1.32 bits per heavy atom. The van der Waals surface area contributed by atoms with Gasteiger partial charge in [-0.25, -0.2) is 0 Å². The number of anilines is 1. The fourth-order valence-electron chi connectivity index (χ4n) is 2.15. The molecule has 0 spiro atoms. The van der Waals surface area contributed by atoms with Crippen LogP contribution in [0.15, 0.2) is 24.3 Å². The maximum absolute atomic E-state index is 11.9. The predicted molar refractivity (Wildman–Crippen MR) is 81.1 cm³/mol. The lowest BCUT2D eigenvalue weighted by Crippen LogP contribution is -2.16. The van der Waals surface area contributed by atoms with Gasteiger partial charge in [0.1, 0.15) is 0 Å². The van der Waals surface area contributed by atoms with Crippen LogP contribution in [0.4, 0.5) is 5.69 Å². The molecule has 0 aromatic heterocycles. The van der Waals surface area contributed by atoms with Gasteiger partial charge in [-0.15, -0.1) is 0 Å². The molecule has 3 nitrogen and oxygen atoms in total. The van der Waals surface area contributed by atoms with E-state index in [0.717, 1.165) is 31.6 Å². The molecule has 0 fully saturated rings. The van der Waals surface area contributed by atoms with E-state index >= 15 is 0 Å². The number of hydrogen-bond acceptors (Lipinski definition) is 2. The molecule has 1 aromatic carbocycles. The Labute approximate surface area is 116 Å². The second-order valence-electron chi connectivity index (χ2n) is 5.13. The van der Waals surface area contributed by atoms with E-state index in [9.17, 15) is 4.79 Å². The van der Waals surface area contributed by atoms with Gasteiger partial charge < -0.3 is 10.6 Å². The van der Waals surface area contributed by atoms with E-state index in [4.69, 9.17) is 0 Å². The molecule has 0 bridgehead atoms. The van der Waals surface area contributed by atoms with Crippen molar-refractivity contribution in [2.75, 3.05) is 11.9 Å². The first-order valence-corrected chi connectivity index (χ1v) is 7.25. The zero-order valence-corrected chi connectivity index (χ0v) is 12.3. The van der Waals surface area contributed by atoms with Crippen LogP contribution in [0.1, 0.15) is 45.6 Å². The maximum atomic E-state index is 11.9. The first-order chi connectivity index (χ1) is 9.15. The largest absolute Gasteiger partial charge is 0.326 e. The van der Waals surface area contributed by atoms with Gasteiger partial charge in [-0.2, -0.15) is 0 Å². The van der Waals surface area contributed by atoms with E-state index in [-0.39, 0.29) is 5.91 Å². The number of carbonyl (C=O) groups is 1. The summed E-state index contributed by atoms with van der Waals surface area (Å²) in [6.45, 7) is 8.15. The molecule has 0 radical (unpaired) electrons. The van der Waals surface area contributed by atoms with Crippen LogP contribution in [-0.2, 0) is 11.3 Å². The summed E-state index contributed by atoms with van der Waals surface area (Å²) in [6.07, 6.45) is 2.84. The number of amides is 1. The van der Waals surface area contributed by atoms with E-state index in [1.54, 1.807) is 0 Å². The molecule has 106 valence electrons. The molecule has 0 heterocycles. The number of carbonyl (C=O) groups excluding carboxylic acids is 1. The van der Waals surface area contributed by atoms with Crippen molar-refractivity contribution in [3.63, 3.8) is 0 Å². The van der Waals surface area contributed by atoms with E-state index in [1.807, 2.05) is 18.2 Å². The normalized spacial score (nSPS) is 12.2. The van der Waals surface area contributed by atoms with Gasteiger partial charge in [-0.1, -0.05) is 45.7 Å². The molecule has 3 heteroatoms. The number of benzene rings is 1. The van der Waals surface area contributed by atoms with Crippen molar-refractivity contribution in [3.05, 3.63) is 29.8 Å². The maximum Gasteiger partial charge on any atom is 0.224 e. The fraction of sp³-hybridized carbons (Fsp3) is 0.562. The molecule has 0 saturated heterocycles. The van der Waals surface area contributed by atoms with E-state index < -0.39 is 0 Å². The number of rotatable bonds is 8. The van der Waals surface area contributed by atoms with Gasteiger partial charge in [-0.05, 0) is 30.2 Å². The molecule has 0 aliphatic carbocycles. The van der Waals surface area contributed by atoms with Gasteiger partial charge >= 0.3 is 0 Å². The summed E-state index contributed by atoms with van der Waals surface area (Å²) in [5, 5.41) is 6.26. The molecule has 0 saturated carbocycles. The van der Waals surface area contributed by atoms with Gasteiger partial charge in [0.15, 0.2) is 0 Å². The minimum Gasteiger partial charge on any atom is -0.326 e. The van der Waals surface area contributed by atoms with Crippen LogP contribution in [0, 0.1) is 5.92 Å². The molecule has 0 aliphatic rings. The van der Waals surface area contributed by atoms with Crippen molar-refractivity contribution in [2.24, 2.45) is 5.92 Å². The van der Waals surface area contributed by atoms with Gasteiger partial charge in [0.05, 0.1) is 0 Å². The van der Waals surface area contributed by atoms with Crippen molar-refractivity contribution in [1.29, 1.82) is 0 Å².